The SMILES string of the molecule is CCNC(=NCCN1CCN(CC)CC1)NC1CCN(c2ccc(C)cc2)C1.I. The maximum absolute atomic E-state index is 4.84. The molecule has 7 heteroatoms. The van der Waals surface area contributed by atoms with Crippen molar-refractivity contribution in [3.05, 3.63) is 29.8 Å². The van der Waals surface area contributed by atoms with Crippen LogP contribution in [0, 0.1) is 6.92 Å². The quantitative estimate of drug-likeness (QED) is 0.333. The van der Waals surface area contributed by atoms with Crippen LogP contribution in [0.4, 0.5) is 5.69 Å². The van der Waals surface area contributed by atoms with E-state index >= 15 is 0 Å². The van der Waals surface area contributed by atoms with Crippen LogP contribution in [-0.2, 0) is 0 Å². The highest BCUT2D eigenvalue weighted by atomic mass is 127. The Morgan fingerprint density at radius 3 is 2.38 bits per heavy atom. The first-order valence-electron chi connectivity index (χ1n) is 11.0. The van der Waals surface area contributed by atoms with E-state index in [0.717, 1.165) is 45.1 Å². The molecular weight excluding hydrogens is 475 g/mol. The van der Waals surface area contributed by atoms with Crippen molar-refractivity contribution in [2.24, 2.45) is 4.99 Å². The number of piperazine rings is 1. The second kappa shape index (κ2) is 12.6. The van der Waals surface area contributed by atoms with Crippen LogP contribution in [0.1, 0.15) is 25.8 Å². The first-order chi connectivity index (χ1) is 13.7. The van der Waals surface area contributed by atoms with Crippen LogP contribution >= 0.6 is 24.0 Å². The summed E-state index contributed by atoms with van der Waals surface area (Å²) in [5.74, 6) is 0.963. The fourth-order valence-corrected chi connectivity index (χ4v) is 4.01. The van der Waals surface area contributed by atoms with Crippen LogP contribution in [-0.4, -0.2) is 87.2 Å². The van der Waals surface area contributed by atoms with Gasteiger partial charge in [0.2, 0.25) is 0 Å². The Morgan fingerprint density at radius 1 is 1.03 bits per heavy atom. The molecule has 2 aliphatic rings. The third-order valence-corrected chi connectivity index (χ3v) is 5.87. The molecule has 2 saturated heterocycles. The average Bonchev–Trinajstić information content (AvgIpc) is 3.17. The number of nitrogens with one attached hydrogen (secondary N) is 2. The number of hydrogen-bond donors (Lipinski definition) is 2. The maximum atomic E-state index is 4.84. The molecule has 0 spiro atoms. The number of rotatable bonds is 7. The van der Waals surface area contributed by atoms with Crippen LogP contribution in [0.2, 0.25) is 0 Å². The number of halogens is 1. The normalized spacial score (nSPS) is 21.1. The van der Waals surface area contributed by atoms with Gasteiger partial charge in [-0.2, -0.15) is 0 Å². The van der Waals surface area contributed by atoms with Gasteiger partial charge in [0.15, 0.2) is 5.96 Å². The van der Waals surface area contributed by atoms with E-state index in [0.29, 0.717) is 6.04 Å². The van der Waals surface area contributed by atoms with Gasteiger partial charge in [-0.1, -0.05) is 24.6 Å². The van der Waals surface area contributed by atoms with Gasteiger partial charge in [-0.15, -0.1) is 24.0 Å². The van der Waals surface area contributed by atoms with Gasteiger partial charge < -0.3 is 20.4 Å². The summed E-state index contributed by atoms with van der Waals surface area (Å²) in [4.78, 5) is 12.4. The van der Waals surface area contributed by atoms with E-state index in [-0.39, 0.29) is 24.0 Å². The number of likely N-dealkylation sites (N-methyl/N-ethyl adjacent to an activating group) is 1. The Labute approximate surface area is 194 Å². The van der Waals surface area contributed by atoms with E-state index in [2.05, 4.69) is 70.4 Å². The Balaban J connectivity index is 0.00000300. The summed E-state index contributed by atoms with van der Waals surface area (Å²) in [6.07, 6.45) is 1.15. The molecule has 6 nitrogen and oxygen atoms in total. The third kappa shape index (κ3) is 7.61. The molecule has 2 aliphatic heterocycles. The van der Waals surface area contributed by atoms with Crippen LogP contribution in [0.25, 0.3) is 0 Å². The predicted octanol–water partition coefficient (Wildman–Crippen LogP) is 2.38. The molecule has 29 heavy (non-hydrogen) atoms. The summed E-state index contributed by atoms with van der Waals surface area (Å²) in [7, 11) is 0. The lowest BCUT2D eigenvalue weighted by Gasteiger charge is -2.33. The molecule has 0 aromatic heterocycles. The molecule has 164 valence electrons. The molecule has 1 aromatic carbocycles. The zero-order chi connectivity index (χ0) is 19.8. The van der Waals surface area contributed by atoms with Gasteiger partial charge in [-0.25, -0.2) is 0 Å². The first-order valence-corrected chi connectivity index (χ1v) is 11.0. The number of hydrogen-bond acceptors (Lipinski definition) is 4. The Morgan fingerprint density at radius 2 is 1.72 bits per heavy atom. The fourth-order valence-electron chi connectivity index (χ4n) is 4.01. The third-order valence-electron chi connectivity index (χ3n) is 5.87. The number of benzene rings is 1. The topological polar surface area (TPSA) is 46.1 Å². The fraction of sp³-hybridized carbons (Fsp3) is 0.682. The molecule has 1 atom stereocenters. The van der Waals surface area contributed by atoms with E-state index in [1.807, 2.05) is 0 Å². The summed E-state index contributed by atoms with van der Waals surface area (Å²) in [5.41, 5.74) is 2.64. The van der Waals surface area contributed by atoms with E-state index in [4.69, 9.17) is 4.99 Å². The molecular formula is C22H39IN6. The van der Waals surface area contributed by atoms with Crippen molar-refractivity contribution in [2.75, 3.05) is 70.3 Å². The summed E-state index contributed by atoms with van der Waals surface area (Å²) in [5, 5.41) is 7.07. The highest BCUT2D eigenvalue weighted by molar-refractivity contribution is 14.0. The summed E-state index contributed by atoms with van der Waals surface area (Å²) in [6.45, 7) is 17.3. The van der Waals surface area contributed by atoms with Crippen molar-refractivity contribution in [3.8, 4) is 0 Å². The molecule has 0 radical (unpaired) electrons. The smallest absolute Gasteiger partial charge is 0.191 e. The number of aliphatic imine (C=N–C) groups is 1. The van der Waals surface area contributed by atoms with E-state index in [1.165, 1.54) is 44.0 Å². The monoisotopic (exact) mass is 514 g/mol. The molecule has 0 saturated carbocycles. The Bertz CT molecular complexity index is 612. The van der Waals surface area contributed by atoms with Gasteiger partial charge >= 0.3 is 0 Å². The van der Waals surface area contributed by atoms with E-state index in [1.54, 1.807) is 0 Å². The van der Waals surface area contributed by atoms with Crippen LogP contribution < -0.4 is 15.5 Å². The lowest BCUT2D eigenvalue weighted by Crippen LogP contribution is -2.47. The summed E-state index contributed by atoms with van der Waals surface area (Å²) >= 11 is 0. The number of guanidine groups is 1. The second-order valence-corrected chi connectivity index (χ2v) is 7.95. The van der Waals surface area contributed by atoms with Gasteiger partial charge in [-0.3, -0.25) is 9.89 Å². The lowest BCUT2D eigenvalue weighted by atomic mass is 10.2. The van der Waals surface area contributed by atoms with Crippen molar-refractivity contribution < 1.29 is 0 Å². The summed E-state index contributed by atoms with van der Waals surface area (Å²) < 4.78 is 0. The molecule has 2 heterocycles. The zero-order valence-corrected chi connectivity index (χ0v) is 20.7. The van der Waals surface area contributed by atoms with Crippen molar-refractivity contribution in [1.82, 2.24) is 20.4 Å². The molecule has 1 aromatic rings. The molecule has 1 unspecified atom stereocenters. The number of nitrogens with zero attached hydrogens (tertiary/aromatic N) is 4. The first kappa shape index (κ1) is 24.2. The van der Waals surface area contributed by atoms with Gasteiger partial charge in [0.1, 0.15) is 0 Å². The minimum atomic E-state index is 0. The number of anilines is 1. The van der Waals surface area contributed by atoms with Gasteiger partial charge in [0.25, 0.3) is 0 Å². The minimum absolute atomic E-state index is 0. The van der Waals surface area contributed by atoms with Crippen LogP contribution in [0.15, 0.2) is 29.3 Å². The number of aryl methyl sites for hydroxylation is 1. The average molecular weight is 515 g/mol. The molecule has 3 rings (SSSR count). The highest BCUT2D eigenvalue weighted by Crippen LogP contribution is 2.20. The largest absolute Gasteiger partial charge is 0.369 e. The Kier molecular flexibility index (Phi) is 10.5. The molecule has 2 N–H and O–H groups in total. The van der Waals surface area contributed by atoms with Crippen LogP contribution in [0.3, 0.4) is 0 Å². The Hall–Kier alpha value is -1.06. The minimum Gasteiger partial charge on any atom is -0.369 e. The van der Waals surface area contributed by atoms with E-state index < -0.39 is 0 Å². The van der Waals surface area contributed by atoms with Gasteiger partial charge in [0.05, 0.1) is 6.54 Å². The van der Waals surface area contributed by atoms with Crippen molar-refractivity contribution in [3.63, 3.8) is 0 Å². The molecule has 0 bridgehead atoms. The standard InChI is InChI=1S/C22H38N6.HI/c1-4-23-22(24-11-13-27-16-14-26(5-2)15-17-27)25-20-10-12-28(18-20)21-8-6-19(3)7-9-21;/h6-9,20H,4-5,10-18H2,1-3H3,(H2,23,24,25);1H. The second-order valence-electron chi connectivity index (χ2n) is 7.95. The molecule has 2 fully saturated rings. The van der Waals surface area contributed by atoms with Gasteiger partial charge in [0, 0.05) is 64.1 Å². The highest BCUT2D eigenvalue weighted by Gasteiger charge is 2.23. The van der Waals surface area contributed by atoms with Crippen molar-refractivity contribution in [2.45, 2.75) is 33.2 Å². The van der Waals surface area contributed by atoms with Crippen LogP contribution in [0.5, 0.6) is 0 Å². The predicted molar refractivity (Wildman–Crippen MR) is 135 cm³/mol. The van der Waals surface area contributed by atoms with E-state index in [9.17, 15) is 0 Å². The maximum Gasteiger partial charge on any atom is 0.191 e. The van der Waals surface area contributed by atoms with Gasteiger partial charge in [-0.05, 0) is 38.9 Å². The summed E-state index contributed by atoms with van der Waals surface area (Å²) in [6, 6.07) is 9.31. The molecule has 0 aliphatic carbocycles. The lowest BCUT2D eigenvalue weighted by molar-refractivity contribution is 0.140. The van der Waals surface area contributed by atoms with Crippen molar-refractivity contribution in [1.29, 1.82) is 0 Å². The molecule has 0 amide bonds. The van der Waals surface area contributed by atoms with Crippen molar-refractivity contribution >= 4 is 35.6 Å². The zero-order valence-electron chi connectivity index (χ0n) is 18.4.